The summed E-state index contributed by atoms with van der Waals surface area (Å²) < 4.78 is 33.8. The summed E-state index contributed by atoms with van der Waals surface area (Å²) in [5.41, 5.74) is 2.81. The number of sulfonamides is 1. The van der Waals surface area contributed by atoms with Crippen molar-refractivity contribution in [3.8, 4) is 5.75 Å². The highest BCUT2D eigenvalue weighted by molar-refractivity contribution is 7.92. The van der Waals surface area contributed by atoms with Crippen molar-refractivity contribution in [2.24, 2.45) is 0 Å². The van der Waals surface area contributed by atoms with Gasteiger partial charge in [0.2, 0.25) is 0 Å². The normalized spacial score (nSPS) is 11.0. The third-order valence-electron chi connectivity index (χ3n) is 4.55. The number of carbonyl (C=O) groups excluding carboxylic acids is 1. The molecule has 3 rings (SSSR count). The topological polar surface area (TPSA) is 84.5 Å². The molecule has 0 spiro atoms. The fourth-order valence-corrected chi connectivity index (χ4v) is 4.26. The Morgan fingerprint density at radius 3 is 2.30 bits per heavy atom. The molecule has 0 aromatic heterocycles. The maximum atomic E-state index is 12.9. The summed E-state index contributed by atoms with van der Waals surface area (Å²) in [6.07, 6.45) is 0. The standard InChI is InChI=1S/C23H24N2O4S/c1-4-29-20-13-11-19(12-14-20)25-30(27,28)22-15-18(10-9-17(22)3)23(26)24-21-8-6-5-7-16(21)2/h5-15,25H,4H2,1-3H3,(H,24,26). The summed E-state index contributed by atoms with van der Waals surface area (Å²) >= 11 is 0. The molecule has 1 amide bonds. The maximum Gasteiger partial charge on any atom is 0.262 e. The highest BCUT2D eigenvalue weighted by Crippen LogP contribution is 2.23. The number of benzene rings is 3. The molecule has 0 aliphatic carbocycles. The van der Waals surface area contributed by atoms with Gasteiger partial charge >= 0.3 is 0 Å². The van der Waals surface area contributed by atoms with Gasteiger partial charge in [0.1, 0.15) is 5.75 Å². The van der Waals surface area contributed by atoms with Crippen LogP contribution in [0, 0.1) is 13.8 Å². The molecular weight excluding hydrogens is 400 g/mol. The van der Waals surface area contributed by atoms with Crippen molar-refractivity contribution in [2.45, 2.75) is 25.7 Å². The van der Waals surface area contributed by atoms with E-state index >= 15 is 0 Å². The number of nitrogens with one attached hydrogen (secondary N) is 2. The molecular formula is C23H24N2O4S. The Hall–Kier alpha value is -3.32. The number of ether oxygens (including phenoxy) is 1. The van der Waals surface area contributed by atoms with Gasteiger partial charge in [-0.25, -0.2) is 8.42 Å². The van der Waals surface area contributed by atoms with E-state index in [0.29, 0.717) is 29.3 Å². The van der Waals surface area contributed by atoms with Gasteiger partial charge in [0.15, 0.2) is 0 Å². The van der Waals surface area contributed by atoms with Crippen LogP contribution in [0.4, 0.5) is 11.4 Å². The third-order valence-corrected chi connectivity index (χ3v) is 6.07. The Labute approximate surface area is 177 Å². The average Bonchev–Trinajstić information content (AvgIpc) is 2.71. The van der Waals surface area contributed by atoms with E-state index < -0.39 is 10.0 Å². The quantitative estimate of drug-likeness (QED) is 0.573. The van der Waals surface area contributed by atoms with Crippen LogP contribution in [0.25, 0.3) is 0 Å². The molecule has 6 nitrogen and oxygen atoms in total. The van der Waals surface area contributed by atoms with E-state index in [4.69, 9.17) is 4.74 Å². The second-order valence-electron chi connectivity index (χ2n) is 6.81. The molecule has 0 radical (unpaired) electrons. The van der Waals surface area contributed by atoms with Crippen molar-refractivity contribution < 1.29 is 17.9 Å². The van der Waals surface area contributed by atoms with E-state index in [1.165, 1.54) is 6.07 Å². The molecule has 3 aromatic carbocycles. The van der Waals surface area contributed by atoms with E-state index in [1.54, 1.807) is 49.4 Å². The van der Waals surface area contributed by atoms with Gasteiger partial charge in [0.25, 0.3) is 15.9 Å². The molecule has 0 fully saturated rings. The minimum atomic E-state index is -3.88. The van der Waals surface area contributed by atoms with Crippen LogP contribution in [0.1, 0.15) is 28.4 Å². The first kappa shape index (κ1) is 21.4. The van der Waals surface area contributed by atoms with Crippen molar-refractivity contribution in [2.75, 3.05) is 16.6 Å². The maximum absolute atomic E-state index is 12.9. The number of amides is 1. The van der Waals surface area contributed by atoms with Crippen LogP contribution in [0.5, 0.6) is 5.75 Å². The number of anilines is 2. The fraction of sp³-hybridized carbons (Fsp3) is 0.174. The highest BCUT2D eigenvalue weighted by Gasteiger charge is 2.20. The smallest absolute Gasteiger partial charge is 0.262 e. The van der Waals surface area contributed by atoms with Crippen LogP contribution >= 0.6 is 0 Å². The Bertz CT molecular complexity index is 1160. The lowest BCUT2D eigenvalue weighted by Crippen LogP contribution is -2.17. The highest BCUT2D eigenvalue weighted by atomic mass is 32.2. The largest absolute Gasteiger partial charge is 0.494 e. The van der Waals surface area contributed by atoms with E-state index in [1.807, 2.05) is 32.0 Å². The molecule has 0 saturated carbocycles. The molecule has 0 saturated heterocycles. The first-order chi connectivity index (χ1) is 14.3. The molecule has 7 heteroatoms. The summed E-state index contributed by atoms with van der Waals surface area (Å²) in [5.74, 6) is 0.285. The zero-order valence-electron chi connectivity index (χ0n) is 17.1. The lowest BCUT2D eigenvalue weighted by Gasteiger charge is -2.13. The fourth-order valence-electron chi connectivity index (χ4n) is 2.93. The lowest BCUT2D eigenvalue weighted by molar-refractivity contribution is 0.102. The molecule has 30 heavy (non-hydrogen) atoms. The zero-order chi connectivity index (χ0) is 21.7. The number of hydrogen-bond acceptors (Lipinski definition) is 4. The predicted octanol–water partition coefficient (Wildman–Crippen LogP) is 4.76. The van der Waals surface area contributed by atoms with Crippen LogP contribution in [-0.2, 0) is 10.0 Å². The SMILES string of the molecule is CCOc1ccc(NS(=O)(=O)c2cc(C(=O)Nc3ccccc3C)ccc2C)cc1. The van der Waals surface area contributed by atoms with Crippen LogP contribution in [0.3, 0.4) is 0 Å². The minimum absolute atomic E-state index is 0.0498. The minimum Gasteiger partial charge on any atom is -0.494 e. The molecule has 0 atom stereocenters. The summed E-state index contributed by atoms with van der Waals surface area (Å²) in [4.78, 5) is 12.7. The van der Waals surface area contributed by atoms with Crippen LogP contribution in [0.2, 0.25) is 0 Å². The van der Waals surface area contributed by atoms with E-state index in [2.05, 4.69) is 10.0 Å². The van der Waals surface area contributed by atoms with Gasteiger partial charge in [0.05, 0.1) is 11.5 Å². The number of carbonyl (C=O) groups is 1. The molecule has 0 aliphatic rings. The summed E-state index contributed by atoms with van der Waals surface area (Å²) in [6.45, 7) is 5.99. The molecule has 0 heterocycles. The van der Waals surface area contributed by atoms with Gasteiger partial charge in [-0.15, -0.1) is 0 Å². The van der Waals surface area contributed by atoms with Gasteiger partial charge in [-0.3, -0.25) is 9.52 Å². The second-order valence-corrected chi connectivity index (χ2v) is 8.46. The van der Waals surface area contributed by atoms with Gasteiger partial charge < -0.3 is 10.1 Å². The summed E-state index contributed by atoms with van der Waals surface area (Å²) in [7, 11) is -3.88. The summed E-state index contributed by atoms with van der Waals surface area (Å²) in [5, 5.41) is 2.82. The zero-order valence-corrected chi connectivity index (χ0v) is 17.9. The van der Waals surface area contributed by atoms with Crippen molar-refractivity contribution in [1.82, 2.24) is 0 Å². The van der Waals surface area contributed by atoms with Gasteiger partial charge in [0, 0.05) is 16.9 Å². The van der Waals surface area contributed by atoms with Crippen molar-refractivity contribution >= 4 is 27.3 Å². The average molecular weight is 425 g/mol. The molecule has 0 aliphatic heterocycles. The first-order valence-corrected chi connectivity index (χ1v) is 11.0. The first-order valence-electron chi connectivity index (χ1n) is 9.53. The molecule has 0 unspecified atom stereocenters. The van der Waals surface area contributed by atoms with Crippen LogP contribution in [0.15, 0.2) is 71.6 Å². The lowest BCUT2D eigenvalue weighted by atomic mass is 10.1. The van der Waals surface area contributed by atoms with Crippen molar-refractivity contribution in [1.29, 1.82) is 0 Å². The van der Waals surface area contributed by atoms with Gasteiger partial charge in [-0.1, -0.05) is 24.3 Å². The van der Waals surface area contributed by atoms with E-state index in [9.17, 15) is 13.2 Å². The number of rotatable bonds is 7. The Morgan fingerprint density at radius 1 is 0.933 bits per heavy atom. The predicted molar refractivity (Wildman–Crippen MR) is 119 cm³/mol. The number of hydrogen-bond donors (Lipinski definition) is 2. The van der Waals surface area contributed by atoms with Gasteiger partial charge in [-0.2, -0.15) is 0 Å². The molecule has 2 N–H and O–H groups in total. The number of aryl methyl sites for hydroxylation is 2. The Kier molecular flexibility index (Phi) is 6.42. The van der Waals surface area contributed by atoms with E-state index in [-0.39, 0.29) is 16.4 Å². The Balaban J connectivity index is 1.84. The van der Waals surface area contributed by atoms with E-state index in [0.717, 1.165) is 5.56 Å². The van der Waals surface area contributed by atoms with Crippen LogP contribution < -0.4 is 14.8 Å². The van der Waals surface area contributed by atoms with Gasteiger partial charge in [-0.05, 0) is 74.4 Å². The van der Waals surface area contributed by atoms with Crippen LogP contribution in [-0.4, -0.2) is 20.9 Å². The summed E-state index contributed by atoms with van der Waals surface area (Å²) in [6, 6.07) is 18.7. The molecule has 3 aromatic rings. The Morgan fingerprint density at radius 2 is 1.63 bits per heavy atom. The molecule has 0 bridgehead atoms. The van der Waals surface area contributed by atoms with Crippen molar-refractivity contribution in [3.63, 3.8) is 0 Å². The van der Waals surface area contributed by atoms with Crippen molar-refractivity contribution in [3.05, 3.63) is 83.4 Å². The molecule has 156 valence electrons. The second kappa shape index (κ2) is 9.00. The number of para-hydroxylation sites is 1. The monoisotopic (exact) mass is 424 g/mol. The third kappa shape index (κ3) is 4.99.